The molecule has 7 heteroatoms. The maximum absolute atomic E-state index is 12.3. The minimum Gasteiger partial charge on any atom is -0.497 e. The number of ether oxygens (including phenoxy) is 4. The van der Waals surface area contributed by atoms with Crippen LogP contribution in [0.3, 0.4) is 0 Å². The Morgan fingerprint density at radius 3 is 1.29 bits per heavy atom. The van der Waals surface area contributed by atoms with Gasteiger partial charge in [-0.2, -0.15) is 0 Å². The topological polar surface area (TPSA) is 74.3 Å². The molecule has 7 nitrogen and oxygen atoms in total. The Balaban J connectivity index is 2.21. The van der Waals surface area contributed by atoms with Crippen LogP contribution in [0.5, 0.6) is 11.5 Å². The summed E-state index contributed by atoms with van der Waals surface area (Å²) in [5.74, 6) is 0.293. The maximum Gasteiger partial charge on any atom is 0.337 e. The number of benzene rings is 3. The van der Waals surface area contributed by atoms with Crippen LogP contribution >= 0.6 is 0 Å². The van der Waals surface area contributed by atoms with Crippen LogP contribution in [-0.4, -0.2) is 40.4 Å². The van der Waals surface area contributed by atoms with Crippen molar-refractivity contribution in [2.24, 2.45) is 0 Å². The van der Waals surface area contributed by atoms with E-state index < -0.39 is 11.9 Å². The van der Waals surface area contributed by atoms with Gasteiger partial charge in [0.05, 0.1) is 39.6 Å². The summed E-state index contributed by atoms with van der Waals surface area (Å²) < 4.78 is 20.3. The second-order valence-electron chi connectivity index (χ2n) is 6.48. The highest BCUT2D eigenvalue weighted by Gasteiger charge is 2.19. The third-order valence-electron chi connectivity index (χ3n) is 4.68. The van der Waals surface area contributed by atoms with E-state index in [9.17, 15) is 9.59 Å². The Morgan fingerprint density at radius 2 is 0.968 bits per heavy atom. The van der Waals surface area contributed by atoms with Crippen LogP contribution in [-0.2, 0) is 9.47 Å². The van der Waals surface area contributed by atoms with Crippen LogP contribution in [0.2, 0.25) is 0 Å². The van der Waals surface area contributed by atoms with Crippen LogP contribution < -0.4 is 14.4 Å². The lowest BCUT2D eigenvalue weighted by Gasteiger charge is -2.26. The van der Waals surface area contributed by atoms with Gasteiger partial charge in [0.2, 0.25) is 0 Å². The minimum atomic E-state index is -0.559. The van der Waals surface area contributed by atoms with E-state index >= 15 is 0 Å². The monoisotopic (exact) mass is 421 g/mol. The van der Waals surface area contributed by atoms with Gasteiger partial charge in [-0.3, -0.25) is 0 Å². The smallest absolute Gasteiger partial charge is 0.337 e. The Morgan fingerprint density at radius 1 is 0.581 bits per heavy atom. The van der Waals surface area contributed by atoms with Crippen LogP contribution in [0.1, 0.15) is 20.7 Å². The summed E-state index contributed by atoms with van der Waals surface area (Å²) in [7, 11) is 5.77. The van der Waals surface area contributed by atoms with Crippen molar-refractivity contribution < 1.29 is 28.5 Å². The van der Waals surface area contributed by atoms with Gasteiger partial charge in [-0.1, -0.05) is 0 Å². The molecule has 0 aliphatic heterocycles. The van der Waals surface area contributed by atoms with Gasteiger partial charge in [-0.15, -0.1) is 0 Å². The second-order valence-corrected chi connectivity index (χ2v) is 6.48. The molecule has 3 aromatic rings. The van der Waals surface area contributed by atoms with Gasteiger partial charge < -0.3 is 23.8 Å². The van der Waals surface area contributed by atoms with E-state index in [1.165, 1.54) is 20.3 Å². The van der Waals surface area contributed by atoms with Gasteiger partial charge in [-0.25, -0.2) is 9.59 Å². The number of nitrogens with zero attached hydrogens (tertiary/aromatic N) is 1. The zero-order valence-electron chi connectivity index (χ0n) is 17.7. The van der Waals surface area contributed by atoms with Gasteiger partial charge in [0, 0.05) is 17.1 Å². The van der Waals surface area contributed by atoms with Crippen LogP contribution in [0, 0.1) is 0 Å². The molecular weight excluding hydrogens is 398 g/mol. The first-order chi connectivity index (χ1) is 15.0. The molecule has 0 amide bonds. The first-order valence-corrected chi connectivity index (χ1v) is 9.40. The average Bonchev–Trinajstić information content (AvgIpc) is 2.83. The zero-order chi connectivity index (χ0) is 22.4. The highest BCUT2D eigenvalue weighted by molar-refractivity contribution is 5.98. The zero-order valence-corrected chi connectivity index (χ0v) is 17.7. The molecule has 3 aromatic carbocycles. The summed E-state index contributed by atoms with van der Waals surface area (Å²) in [4.78, 5) is 26.4. The van der Waals surface area contributed by atoms with Crippen LogP contribution in [0.25, 0.3) is 0 Å². The summed E-state index contributed by atoms with van der Waals surface area (Å²) >= 11 is 0. The lowest BCUT2D eigenvalue weighted by Crippen LogP contribution is -2.14. The average molecular weight is 421 g/mol. The molecule has 0 aliphatic rings. The van der Waals surface area contributed by atoms with E-state index in [0.717, 1.165) is 11.4 Å². The molecule has 0 bridgehead atoms. The van der Waals surface area contributed by atoms with Gasteiger partial charge in [0.25, 0.3) is 0 Å². The Bertz CT molecular complexity index is 979. The number of methoxy groups -OCH3 is 4. The molecule has 0 aromatic heterocycles. The normalized spacial score (nSPS) is 10.2. The summed E-state index contributed by atoms with van der Waals surface area (Å²) in [5.41, 5.74) is 2.63. The predicted molar refractivity (Wildman–Crippen MR) is 117 cm³/mol. The predicted octanol–water partition coefficient (Wildman–Crippen LogP) is 4.75. The van der Waals surface area contributed by atoms with Crippen LogP contribution in [0.4, 0.5) is 17.1 Å². The third-order valence-corrected chi connectivity index (χ3v) is 4.68. The molecule has 0 unspecified atom stereocenters. The molecule has 0 spiro atoms. The van der Waals surface area contributed by atoms with E-state index in [-0.39, 0.29) is 11.1 Å². The van der Waals surface area contributed by atoms with Crippen molar-refractivity contribution in [2.45, 2.75) is 0 Å². The van der Waals surface area contributed by atoms with Crippen molar-refractivity contribution in [1.82, 2.24) is 0 Å². The van der Waals surface area contributed by atoms with E-state index in [0.29, 0.717) is 17.2 Å². The van der Waals surface area contributed by atoms with E-state index in [1.807, 2.05) is 53.4 Å². The first-order valence-electron chi connectivity index (χ1n) is 9.40. The molecule has 0 saturated carbocycles. The van der Waals surface area contributed by atoms with Crippen molar-refractivity contribution >= 4 is 29.0 Å². The summed E-state index contributed by atoms with van der Waals surface area (Å²) in [5, 5.41) is 0. The summed E-state index contributed by atoms with van der Waals surface area (Å²) in [6.45, 7) is 0. The van der Waals surface area contributed by atoms with Gasteiger partial charge in [-0.05, 0) is 66.7 Å². The lowest BCUT2D eigenvalue weighted by molar-refractivity contribution is 0.0599. The van der Waals surface area contributed by atoms with Crippen molar-refractivity contribution in [3.8, 4) is 11.5 Å². The Kier molecular flexibility index (Phi) is 6.77. The van der Waals surface area contributed by atoms with Crippen LogP contribution in [0.15, 0.2) is 66.7 Å². The number of hydrogen-bond donors (Lipinski definition) is 0. The van der Waals surface area contributed by atoms with E-state index in [4.69, 9.17) is 18.9 Å². The van der Waals surface area contributed by atoms with Crippen molar-refractivity contribution in [3.63, 3.8) is 0 Å². The molecule has 0 fully saturated rings. The number of carbonyl (C=O) groups excluding carboxylic acids is 2. The molecular formula is C24H23NO6. The Hall–Kier alpha value is -4.00. The van der Waals surface area contributed by atoms with Crippen molar-refractivity contribution in [1.29, 1.82) is 0 Å². The molecule has 0 heterocycles. The van der Waals surface area contributed by atoms with Crippen molar-refractivity contribution in [3.05, 3.63) is 77.9 Å². The molecule has 160 valence electrons. The van der Waals surface area contributed by atoms with Gasteiger partial charge in [0.15, 0.2) is 0 Å². The quantitative estimate of drug-likeness (QED) is 0.510. The number of rotatable bonds is 7. The molecule has 0 atom stereocenters. The fraction of sp³-hybridized carbons (Fsp3) is 0.167. The largest absolute Gasteiger partial charge is 0.497 e. The van der Waals surface area contributed by atoms with Gasteiger partial charge >= 0.3 is 11.9 Å². The molecule has 0 radical (unpaired) electrons. The minimum absolute atomic E-state index is 0.229. The van der Waals surface area contributed by atoms with Gasteiger partial charge in [0.1, 0.15) is 11.5 Å². The maximum atomic E-state index is 12.3. The summed E-state index contributed by atoms with van der Waals surface area (Å²) in [6, 6.07) is 19.6. The van der Waals surface area contributed by atoms with Crippen molar-refractivity contribution in [2.75, 3.05) is 33.3 Å². The SMILES string of the molecule is COC(=O)c1cc(C(=O)OC)cc(N(c2ccc(OC)cc2)c2ccc(OC)cc2)c1. The second kappa shape index (κ2) is 9.67. The summed E-state index contributed by atoms with van der Waals surface area (Å²) in [6.07, 6.45) is 0. The number of hydrogen-bond acceptors (Lipinski definition) is 7. The fourth-order valence-electron chi connectivity index (χ4n) is 3.12. The Labute approximate surface area is 180 Å². The highest BCUT2D eigenvalue weighted by atomic mass is 16.5. The fourth-order valence-corrected chi connectivity index (χ4v) is 3.12. The highest BCUT2D eigenvalue weighted by Crippen LogP contribution is 2.37. The molecule has 0 saturated heterocycles. The number of esters is 2. The first kappa shape index (κ1) is 21.7. The van der Waals surface area contributed by atoms with E-state index in [1.54, 1.807) is 26.4 Å². The molecule has 3 rings (SSSR count). The molecule has 0 N–H and O–H groups in total. The third kappa shape index (κ3) is 4.78. The molecule has 0 aliphatic carbocycles. The lowest BCUT2D eigenvalue weighted by atomic mass is 10.1. The molecule has 31 heavy (non-hydrogen) atoms. The number of anilines is 3. The standard InChI is InChI=1S/C24H23NO6/c1-28-21-9-5-18(6-10-21)25(19-7-11-22(29-2)12-8-19)20-14-16(23(26)30-3)13-17(15-20)24(27)31-4/h5-15H,1-4H3. The number of carbonyl (C=O) groups is 2. The van der Waals surface area contributed by atoms with E-state index in [2.05, 4.69) is 0 Å².